The van der Waals surface area contributed by atoms with Gasteiger partial charge in [-0.05, 0) is 12.8 Å². The van der Waals surface area contributed by atoms with Gasteiger partial charge in [0, 0.05) is 43.0 Å². The lowest BCUT2D eigenvalue weighted by atomic mass is 10.1. The fraction of sp³-hybridized carbons (Fsp3) is 0.333. The zero-order valence-electron chi connectivity index (χ0n) is 12.3. The van der Waals surface area contributed by atoms with Gasteiger partial charge >= 0.3 is 5.69 Å². The molecule has 120 valence electrons. The minimum absolute atomic E-state index is 0.0182. The summed E-state index contributed by atoms with van der Waals surface area (Å²) < 4.78 is 1.62. The van der Waals surface area contributed by atoms with Gasteiger partial charge in [0.15, 0.2) is 0 Å². The third-order valence-electron chi connectivity index (χ3n) is 4.15. The Balaban J connectivity index is 1.87. The van der Waals surface area contributed by atoms with Gasteiger partial charge in [0.05, 0.1) is 10.6 Å². The van der Waals surface area contributed by atoms with Crippen LogP contribution in [0.2, 0.25) is 0 Å². The average molecular weight is 316 g/mol. The lowest BCUT2D eigenvalue weighted by molar-refractivity contribution is -0.384. The SMILES string of the molecule is O=CN1CCC(n2cc(-c3cccc([N+](=O)[O-])c3)[nH]c2=O)CC1. The largest absolute Gasteiger partial charge is 0.345 e. The van der Waals surface area contributed by atoms with Crippen molar-refractivity contribution in [3.63, 3.8) is 0 Å². The van der Waals surface area contributed by atoms with Crippen molar-refractivity contribution in [1.82, 2.24) is 14.5 Å². The van der Waals surface area contributed by atoms with Crippen LogP contribution < -0.4 is 5.69 Å². The number of non-ortho nitro benzene ring substituents is 1. The van der Waals surface area contributed by atoms with Crippen molar-refractivity contribution in [2.75, 3.05) is 13.1 Å². The number of piperidine rings is 1. The first kappa shape index (κ1) is 15.0. The van der Waals surface area contributed by atoms with E-state index in [1.807, 2.05) is 0 Å². The molecule has 1 aromatic heterocycles. The van der Waals surface area contributed by atoms with Crippen LogP contribution >= 0.6 is 0 Å². The monoisotopic (exact) mass is 316 g/mol. The van der Waals surface area contributed by atoms with Gasteiger partial charge in [0.2, 0.25) is 6.41 Å². The molecule has 0 unspecified atom stereocenters. The first-order valence-corrected chi connectivity index (χ1v) is 7.34. The van der Waals surface area contributed by atoms with Crippen molar-refractivity contribution in [2.24, 2.45) is 0 Å². The van der Waals surface area contributed by atoms with E-state index in [1.54, 1.807) is 27.8 Å². The topological polar surface area (TPSA) is 101 Å². The van der Waals surface area contributed by atoms with Crippen LogP contribution in [0.3, 0.4) is 0 Å². The minimum Gasteiger partial charge on any atom is -0.345 e. The highest BCUT2D eigenvalue weighted by atomic mass is 16.6. The second-order valence-electron chi connectivity index (χ2n) is 5.56. The molecule has 1 N–H and O–H groups in total. The maximum Gasteiger partial charge on any atom is 0.326 e. The van der Waals surface area contributed by atoms with Gasteiger partial charge in [-0.2, -0.15) is 0 Å². The molecule has 2 aromatic rings. The van der Waals surface area contributed by atoms with E-state index in [1.165, 1.54) is 12.1 Å². The molecular formula is C15H16N4O4. The van der Waals surface area contributed by atoms with E-state index < -0.39 is 4.92 Å². The molecule has 8 nitrogen and oxygen atoms in total. The zero-order valence-corrected chi connectivity index (χ0v) is 12.3. The number of nitrogens with one attached hydrogen (secondary N) is 1. The Labute approximate surface area is 131 Å². The van der Waals surface area contributed by atoms with Crippen LogP contribution in [-0.2, 0) is 4.79 Å². The van der Waals surface area contributed by atoms with E-state index in [0.29, 0.717) is 37.2 Å². The summed E-state index contributed by atoms with van der Waals surface area (Å²) >= 11 is 0. The van der Waals surface area contributed by atoms with E-state index in [-0.39, 0.29) is 17.4 Å². The summed E-state index contributed by atoms with van der Waals surface area (Å²) in [5.41, 5.74) is 0.892. The lowest BCUT2D eigenvalue weighted by Crippen LogP contribution is -2.35. The number of benzene rings is 1. The number of nitro benzene ring substituents is 1. The number of H-pyrrole nitrogens is 1. The Hall–Kier alpha value is -2.90. The van der Waals surface area contributed by atoms with E-state index >= 15 is 0 Å². The van der Waals surface area contributed by atoms with Crippen molar-refractivity contribution in [3.8, 4) is 11.3 Å². The van der Waals surface area contributed by atoms with Crippen molar-refractivity contribution in [1.29, 1.82) is 0 Å². The fourth-order valence-electron chi connectivity index (χ4n) is 2.88. The van der Waals surface area contributed by atoms with Gasteiger partial charge in [-0.25, -0.2) is 4.79 Å². The number of likely N-dealkylation sites (tertiary alicyclic amines) is 1. The van der Waals surface area contributed by atoms with Crippen LogP contribution in [0.25, 0.3) is 11.3 Å². The minimum atomic E-state index is -0.465. The van der Waals surface area contributed by atoms with E-state index in [4.69, 9.17) is 0 Å². The summed E-state index contributed by atoms with van der Waals surface area (Å²) in [5, 5.41) is 10.9. The molecule has 0 spiro atoms. The van der Waals surface area contributed by atoms with Crippen molar-refractivity contribution >= 4 is 12.1 Å². The number of hydrogen-bond acceptors (Lipinski definition) is 4. The van der Waals surface area contributed by atoms with Gasteiger partial charge in [0.1, 0.15) is 0 Å². The van der Waals surface area contributed by atoms with Crippen LogP contribution in [-0.4, -0.2) is 38.9 Å². The van der Waals surface area contributed by atoms with Gasteiger partial charge in [-0.15, -0.1) is 0 Å². The standard InChI is InChI=1S/C15H16N4O4/c20-10-17-6-4-12(5-7-17)18-9-14(16-15(18)21)11-2-1-3-13(8-11)19(22)23/h1-3,8-10,12H,4-7H2,(H,16,21). The first-order valence-electron chi connectivity index (χ1n) is 7.34. The maximum atomic E-state index is 12.2. The number of imidazole rings is 1. The van der Waals surface area contributed by atoms with Gasteiger partial charge in [0.25, 0.3) is 5.69 Å². The second-order valence-corrected chi connectivity index (χ2v) is 5.56. The van der Waals surface area contributed by atoms with Crippen LogP contribution in [0, 0.1) is 10.1 Å². The molecule has 1 aliphatic rings. The first-order chi connectivity index (χ1) is 11.1. The molecule has 1 amide bonds. The highest BCUT2D eigenvalue weighted by Crippen LogP contribution is 2.25. The quantitative estimate of drug-likeness (QED) is 0.525. The Bertz CT molecular complexity index is 787. The van der Waals surface area contributed by atoms with Crippen LogP contribution in [0.15, 0.2) is 35.3 Å². The Morgan fingerprint density at radius 3 is 2.70 bits per heavy atom. The molecular weight excluding hydrogens is 300 g/mol. The molecule has 1 aromatic carbocycles. The smallest absolute Gasteiger partial charge is 0.326 e. The maximum absolute atomic E-state index is 12.2. The Morgan fingerprint density at radius 2 is 2.04 bits per heavy atom. The van der Waals surface area contributed by atoms with Crippen LogP contribution in [0.1, 0.15) is 18.9 Å². The number of aromatic nitrogens is 2. The number of hydrogen-bond donors (Lipinski definition) is 1. The fourth-order valence-corrected chi connectivity index (χ4v) is 2.88. The summed E-state index contributed by atoms with van der Waals surface area (Å²) in [6.45, 7) is 1.25. The number of amides is 1. The number of carbonyl (C=O) groups is 1. The summed E-state index contributed by atoms with van der Waals surface area (Å²) in [6, 6.07) is 6.18. The third-order valence-corrected chi connectivity index (χ3v) is 4.15. The van der Waals surface area contributed by atoms with E-state index in [0.717, 1.165) is 6.41 Å². The molecule has 3 rings (SSSR count). The number of nitrogens with zero attached hydrogens (tertiary/aromatic N) is 3. The average Bonchev–Trinajstić information content (AvgIpc) is 2.97. The van der Waals surface area contributed by atoms with Crippen molar-refractivity contribution in [3.05, 3.63) is 51.1 Å². The number of nitro groups is 1. The Kier molecular flexibility index (Phi) is 3.96. The highest BCUT2D eigenvalue weighted by molar-refractivity contribution is 5.61. The van der Waals surface area contributed by atoms with Gasteiger partial charge in [-0.3, -0.25) is 19.5 Å². The zero-order chi connectivity index (χ0) is 16.4. The van der Waals surface area contributed by atoms with Gasteiger partial charge < -0.3 is 9.88 Å². The molecule has 0 aliphatic carbocycles. The molecule has 1 aliphatic heterocycles. The predicted octanol–water partition coefficient (Wildman–Crippen LogP) is 1.54. The summed E-state index contributed by atoms with van der Waals surface area (Å²) in [6.07, 6.45) is 3.95. The molecule has 0 saturated carbocycles. The molecule has 0 radical (unpaired) electrons. The number of carbonyl (C=O) groups excluding carboxylic acids is 1. The normalized spacial score (nSPS) is 15.6. The molecule has 1 saturated heterocycles. The highest BCUT2D eigenvalue weighted by Gasteiger charge is 2.21. The van der Waals surface area contributed by atoms with Crippen LogP contribution in [0.5, 0.6) is 0 Å². The van der Waals surface area contributed by atoms with Crippen molar-refractivity contribution in [2.45, 2.75) is 18.9 Å². The second kappa shape index (κ2) is 6.07. The summed E-state index contributed by atoms with van der Waals surface area (Å²) in [5.74, 6) is 0. The third kappa shape index (κ3) is 3.01. The van der Waals surface area contributed by atoms with E-state index in [2.05, 4.69) is 4.98 Å². The summed E-state index contributed by atoms with van der Waals surface area (Å²) in [4.78, 5) is 37.8. The lowest BCUT2D eigenvalue weighted by Gasteiger charge is -2.29. The van der Waals surface area contributed by atoms with Crippen molar-refractivity contribution < 1.29 is 9.72 Å². The molecule has 1 fully saturated rings. The molecule has 0 atom stereocenters. The van der Waals surface area contributed by atoms with E-state index in [9.17, 15) is 19.7 Å². The molecule has 23 heavy (non-hydrogen) atoms. The number of rotatable bonds is 4. The predicted molar refractivity (Wildman–Crippen MR) is 83.1 cm³/mol. The molecule has 0 bridgehead atoms. The summed E-state index contributed by atoms with van der Waals surface area (Å²) in [7, 11) is 0. The van der Waals surface area contributed by atoms with Crippen LogP contribution in [0.4, 0.5) is 5.69 Å². The molecule has 8 heteroatoms. The molecule has 2 heterocycles. The number of aromatic amines is 1. The van der Waals surface area contributed by atoms with Gasteiger partial charge in [-0.1, -0.05) is 12.1 Å². The Morgan fingerprint density at radius 1 is 1.30 bits per heavy atom.